The summed E-state index contributed by atoms with van der Waals surface area (Å²) in [7, 11) is 0. The predicted molar refractivity (Wildman–Crippen MR) is 117 cm³/mol. The van der Waals surface area contributed by atoms with Gasteiger partial charge in [-0.1, -0.05) is 18.1 Å². The summed E-state index contributed by atoms with van der Waals surface area (Å²) in [6, 6.07) is 13.1. The number of carbonyl (C=O) groups is 1. The molecule has 0 aliphatic carbocycles. The summed E-state index contributed by atoms with van der Waals surface area (Å²) < 4.78 is 0. The van der Waals surface area contributed by atoms with E-state index in [0.29, 0.717) is 16.9 Å². The standard InChI is InChI=1S/C23H17N7O/c1-3-19(16-6-4-15(12-24)5-7-16)27-23(31)28-21-11-20-18(13-26-21)22(30-29-20)17-8-9-25-14(2)10-17/h1,4-11,13,19H,2H3,(H,29,30)(H2,26,27,28,31)/t19-/m0/s1. The molecular formula is C23H17N7O. The molecule has 4 aromatic rings. The number of H-pyrrole nitrogens is 1. The second-order valence-corrected chi connectivity index (χ2v) is 6.81. The lowest BCUT2D eigenvalue weighted by Crippen LogP contribution is -2.32. The van der Waals surface area contributed by atoms with E-state index in [2.05, 4.69) is 36.7 Å². The van der Waals surface area contributed by atoms with Gasteiger partial charge in [0.25, 0.3) is 0 Å². The molecular weight excluding hydrogens is 390 g/mol. The van der Waals surface area contributed by atoms with Crippen molar-refractivity contribution >= 4 is 22.8 Å². The van der Waals surface area contributed by atoms with Crippen LogP contribution in [0.1, 0.15) is 22.9 Å². The number of benzene rings is 1. The third-order valence-electron chi connectivity index (χ3n) is 4.67. The van der Waals surface area contributed by atoms with Gasteiger partial charge < -0.3 is 5.32 Å². The van der Waals surface area contributed by atoms with Crippen molar-refractivity contribution < 1.29 is 4.79 Å². The zero-order valence-corrected chi connectivity index (χ0v) is 16.5. The third-order valence-corrected chi connectivity index (χ3v) is 4.67. The molecule has 8 nitrogen and oxygen atoms in total. The molecule has 3 N–H and O–H groups in total. The minimum Gasteiger partial charge on any atom is -0.320 e. The summed E-state index contributed by atoms with van der Waals surface area (Å²) in [5.41, 5.74) is 4.53. The number of rotatable bonds is 4. The Bertz CT molecular complexity index is 1340. The number of nitrogens with one attached hydrogen (secondary N) is 3. The number of hydrogen-bond acceptors (Lipinski definition) is 5. The molecule has 1 atom stereocenters. The molecule has 0 radical (unpaired) electrons. The van der Waals surface area contributed by atoms with Crippen molar-refractivity contribution in [1.29, 1.82) is 5.26 Å². The number of nitriles is 1. The number of aryl methyl sites for hydroxylation is 1. The Morgan fingerprint density at radius 3 is 2.71 bits per heavy atom. The van der Waals surface area contributed by atoms with Gasteiger partial charge in [0.1, 0.15) is 17.6 Å². The van der Waals surface area contributed by atoms with Gasteiger partial charge in [-0.25, -0.2) is 9.78 Å². The molecule has 8 heteroatoms. The van der Waals surface area contributed by atoms with E-state index in [1.807, 2.05) is 25.1 Å². The highest BCUT2D eigenvalue weighted by Gasteiger charge is 2.14. The highest BCUT2D eigenvalue weighted by molar-refractivity contribution is 5.95. The SMILES string of the molecule is C#C[C@H](NC(=O)Nc1cc2[nH]nc(-c3ccnc(C)c3)c2cn1)c1ccc(C#N)cc1. The number of aromatic nitrogens is 4. The summed E-state index contributed by atoms with van der Waals surface area (Å²) in [6.45, 7) is 1.92. The Labute approximate surface area is 178 Å². The first-order chi connectivity index (χ1) is 15.1. The lowest BCUT2D eigenvalue weighted by Gasteiger charge is -2.14. The molecule has 3 heterocycles. The molecule has 0 unspecified atom stereocenters. The van der Waals surface area contributed by atoms with E-state index >= 15 is 0 Å². The van der Waals surface area contributed by atoms with Gasteiger partial charge in [0, 0.05) is 35.1 Å². The van der Waals surface area contributed by atoms with Crippen molar-refractivity contribution in [3.63, 3.8) is 0 Å². The highest BCUT2D eigenvalue weighted by Crippen LogP contribution is 2.27. The fraction of sp³-hybridized carbons (Fsp3) is 0.0870. The summed E-state index contributed by atoms with van der Waals surface area (Å²) in [5.74, 6) is 2.88. The van der Waals surface area contributed by atoms with Crippen LogP contribution in [0.15, 0.2) is 54.9 Å². The lowest BCUT2D eigenvalue weighted by atomic mass is 10.1. The molecule has 0 fully saturated rings. The van der Waals surface area contributed by atoms with Crippen LogP contribution in [0, 0.1) is 30.6 Å². The van der Waals surface area contributed by atoms with E-state index in [-0.39, 0.29) is 0 Å². The Morgan fingerprint density at radius 2 is 2.00 bits per heavy atom. The highest BCUT2D eigenvalue weighted by atomic mass is 16.2. The molecule has 31 heavy (non-hydrogen) atoms. The maximum Gasteiger partial charge on any atom is 0.321 e. The number of urea groups is 1. The summed E-state index contributed by atoms with van der Waals surface area (Å²) >= 11 is 0. The van der Waals surface area contributed by atoms with Gasteiger partial charge in [0.2, 0.25) is 0 Å². The molecule has 4 rings (SSSR count). The van der Waals surface area contributed by atoms with Crippen molar-refractivity contribution in [2.24, 2.45) is 0 Å². The van der Waals surface area contributed by atoms with Gasteiger partial charge in [0.05, 0.1) is 17.1 Å². The number of amides is 2. The van der Waals surface area contributed by atoms with Crippen LogP contribution in [0.25, 0.3) is 22.2 Å². The average Bonchev–Trinajstić information content (AvgIpc) is 3.21. The molecule has 0 bridgehead atoms. The van der Waals surface area contributed by atoms with E-state index in [4.69, 9.17) is 11.7 Å². The van der Waals surface area contributed by atoms with E-state index in [0.717, 1.165) is 27.9 Å². The molecule has 3 aromatic heterocycles. The number of aromatic amines is 1. The van der Waals surface area contributed by atoms with Crippen LogP contribution in [0.4, 0.5) is 10.6 Å². The topological polar surface area (TPSA) is 119 Å². The largest absolute Gasteiger partial charge is 0.321 e. The first-order valence-electron chi connectivity index (χ1n) is 9.38. The van der Waals surface area contributed by atoms with Crippen molar-refractivity contribution in [3.05, 3.63) is 71.7 Å². The van der Waals surface area contributed by atoms with Crippen molar-refractivity contribution in [1.82, 2.24) is 25.5 Å². The number of pyridine rings is 2. The monoisotopic (exact) mass is 407 g/mol. The second kappa shape index (κ2) is 8.36. The van der Waals surface area contributed by atoms with Gasteiger partial charge >= 0.3 is 6.03 Å². The molecule has 150 valence electrons. The number of hydrogen-bond donors (Lipinski definition) is 3. The van der Waals surface area contributed by atoms with Crippen LogP contribution in [0.5, 0.6) is 0 Å². The maximum atomic E-state index is 12.4. The quantitative estimate of drug-likeness (QED) is 0.446. The third kappa shape index (κ3) is 4.19. The zero-order valence-electron chi connectivity index (χ0n) is 16.5. The predicted octanol–water partition coefficient (Wildman–Crippen LogP) is 3.70. The Morgan fingerprint density at radius 1 is 1.19 bits per heavy atom. The summed E-state index contributed by atoms with van der Waals surface area (Å²) in [4.78, 5) is 21.0. The number of carbonyl (C=O) groups excluding carboxylic acids is 1. The molecule has 0 saturated heterocycles. The van der Waals surface area contributed by atoms with Crippen molar-refractivity contribution in [2.75, 3.05) is 5.32 Å². The molecule has 1 aromatic carbocycles. The fourth-order valence-corrected chi connectivity index (χ4v) is 3.15. The number of anilines is 1. The first-order valence-corrected chi connectivity index (χ1v) is 9.38. The Balaban J connectivity index is 1.49. The molecule has 0 spiro atoms. The minimum absolute atomic E-state index is 0.349. The normalized spacial score (nSPS) is 11.3. The van der Waals surface area contributed by atoms with Crippen LogP contribution in [0.3, 0.4) is 0 Å². The smallest absolute Gasteiger partial charge is 0.320 e. The van der Waals surface area contributed by atoms with Crippen molar-refractivity contribution in [2.45, 2.75) is 13.0 Å². The summed E-state index contributed by atoms with van der Waals surface area (Å²) in [6.07, 6.45) is 8.95. The fourth-order valence-electron chi connectivity index (χ4n) is 3.15. The van der Waals surface area contributed by atoms with Gasteiger partial charge in [-0.15, -0.1) is 6.42 Å². The number of nitrogens with zero attached hydrogens (tertiary/aromatic N) is 4. The van der Waals surface area contributed by atoms with Crippen LogP contribution in [-0.4, -0.2) is 26.2 Å². The van der Waals surface area contributed by atoms with Crippen LogP contribution >= 0.6 is 0 Å². The zero-order chi connectivity index (χ0) is 21.8. The van der Waals surface area contributed by atoms with E-state index in [1.54, 1.807) is 42.7 Å². The van der Waals surface area contributed by atoms with Crippen LogP contribution < -0.4 is 10.6 Å². The Hall–Kier alpha value is -4.69. The van der Waals surface area contributed by atoms with Gasteiger partial charge in [-0.2, -0.15) is 10.4 Å². The van der Waals surface area contributed by atoms with Gasteiger partial charge in [-0.05, 0) is 36.8 Å². The minimum atomic E-state index is -0.648. The number of fused-ring (bicyclic) bond motifs is 1. The van der Waals surface area contributed by atoms with E-state index in [1.165, 1.54) is 0 Å². The van der Waals surface area contributed by atoms with E-state index < -0.39 is 12.1 Å². The second-order valence-electron chi connectivity index (χ2n) is 6.81. The van der Waals surface area contributed by atoms with E-state index in [9.17, 15) is 4.79 Å². The Kier molecular flexibility index (Phi) is 5.29. The average molecular weight is 407 g/mol. The van der Waals surface area contributed by atoms with Gasteiger partial charge in [-0.3, -0.25) is 15.4 Å². The lowest BCUT2D eigenvalue weighted by molar-refractivity contribution is 0.250. The molecule has 0 saturated carbocycles. The number of terminal acetylenes is 1. The van der Waals surface area contributed by atoms with Crippen LogP contribution in [0.2, 0.25) is 0 Å². The molecule has 0 aliphatic rings. The summed E-state index contributed by atoms with van der Waals surface area (Å²) in [5, 5.41) is 22.5. The van der Waals surface area contributed by atoms with Gasteiger partial charge in [0.15, 0.2) is 0 Å². The maximum absolute atomic E-state index is 12.4. The van der Waals surface area contributed by atoms with Crippen LogP contribution in [-0.2, 0) is 0 Å². The first kappa shape index (κ1) is 19.6. The van der Waals surface area contributed by atoms with Crippen molar-refractivity contribution in [3.8, 4) is 29.7 Å². The molecule has 2 amide bonds. The molecule has 0 aliphatic heterocycles.